The van der Waals surface area contributed by atoms with Crippen molar-refractivity contribution in [3.8, 4) is 0 Å². The highest BCUT2D eigenvalue weighted by Gasteiger charge is 2.32. The molecule has 30 heavy (non-hydrogen) atoms. The number of carbonyl (C=O) groups is 4. The molecular formula is C22H38O8. The Hall–Kier alpha value is -1.96. The number of Topliss-reactive ketones (excluding diaryl/α,β-unsaturated/α-hetero) is 1. The summed E-state index contributed by atoms with van der Waals surface area (Å²) in [5.74, 6) is -0.978. The molecular weight excluding hydrogens is 392 g/mol. The summed E-state index contributed by atoms with van der Waals surface area (Å²) in [6.07, 6.45) is 0.692. The number of cyclic esters (lactones) is 2. The lowest BCUT2D eigenvalue weighted by molar-refractivity contribution is -0.191. The van der Waals surface area contributed by atoms with E-state index in [4.69, 9.17) is 9.47 Å². The minimum atomic E-state index is -0.747. The van der Waals surface area contributed by atoms with Crippen LogP contribution in [0.3, 0.4) is 0 Å². The number of hydrogen-bond donors (Lipinski definition) is 0. The first-order chi connectivity index (χ1) is 13.9. The summed E-state index contributed by atoms with van der Waals surface area (Å²) in [7, 11) is 0. The summed E-state index contributed by atoms with van der Waals surface area (Å²) in [6, 6.07) is 0. The van der Waals surface area contributed by atoms with Crippen molar-refractivity contribution in [2.45, 2.75) is 99.1 Å². The predicted molar refractivity (Wildman–Crippen MR) is 111 cm³/mol. The Morgan fingerprint density at radius 1 is 0.967 bits per heavy atom. The van der Waals surface area contributed by atoms with E-state index in [1.165, 1.54) is 13.8 Å². The maximum absolute atomic E-state index is 11.7. The van der Waals surface area contributed by atoms with Gasteiger partial charge in [-0.05, 0) is 40.0 Å². The molecule has 174 valence electrons. The lowest BCUT2D eigenvalue weighted by atomic mass is 10.00. The number of rotatable bonds is 7. The Balaban J connectivity index is 0.000000500. The van der Waals surface area contributed by atoms with Gasteiger partial charge in [-0.2, -0.15) is 0 Å². The van der Waals surface area contributed by atoms with E-state index in [0.717, 1.165) is 19.4 Å². The second-order valence-electron chi connectivity index (χ2n) is 7.87. The van der Waals surface area contributed by atoms with Crippen molar-refractivity contribution in [1.29, 1.82) is 0 Å². The van der Waals surface area contributed by atoms with Crippen molar-refractivity contribution >= 4 is 23.7 Å². The Labute approximate surface area is 180 Å². The van der Waals surface area contributed by atoms with E-state index in [9.17, 15) is 19.2 Å². The van der Waals surface area contributed by atoms with Crippen molar-refractivity contribution < 1.29 is 38.1 Å². The van der Waals surface area contributed by atoms with Gasteiger partial charge in [0.05, 0.1) is 18.6 Å². The predicted octanol–water partition coefficient (Wildman–Crippen LogP) is 3.24. The first-order valence-electron chi connectivity index (χ1n) is 10.7. The van der Waals surface area contributed by atoms with Crippen molar-refractivity contribution in [2.24, 2.45) is 11.8 Å². The van der Waals surface area contributed by atoms with Crippen LogP contribution in [0.25, 0.3) is 0 Å². The lowest BCUT2D eigenvalue weighted by Crippen LogP contribution is -2.40. The molecule has 2 fully saturated rings. The van der Waals surface area contributed by atoms with Gasteiger partial charge in [0, 0.05) is 6.42 Å². The molecule has 0 aromatic heterocycles. The fourth-order valence-electron chi connectivity index (χ4n) is 1.91. The van der Waals surface area contributed by atoms with E-state index < -0.39 is 30.3 Å². The molecule has 0 N–H and O–H groups in total. The molecule has 6 atom stereocenters. The molecule has 0 radical (unpaired) electrons. The van der Waals surface area contributed by atoms with Crippen molar-refractivity contribution in [1.82, 2.24) is 0 Å². The Bertz CT molecular complexity index is 549. The number of hydrogen-bond acceptors (Lipinski definition) is 8. The quantitative estimate of drug-likeness (QED) is 0.344. The van der Waals surface area contributed by atoms with Crippen LogP contribution in [0.1, 0.15) is 74.7 Å². The summed E-state index contributed by atoms with van der Waals surface area (Å²) >= 11 is 0. The van der Waals surface area contributed by atoms with Gasteiger partial charge in [0.15, 0.2) is 24.1 Å². The van der Waals surface area contributed by atoms with Crippen LogP contribution in [0.4, 0.5) is 0 Å². The van der Waals surface area contributed by atoms with Crippen molar-refractivity contribution in [3.63, 3.8) is 0 Å². The van der Waals surface area contributed by atoms with Crippen molar-refractivity contribution in [3.05, 3.63) is 0 Å². The largest absolute Gasteiger partial charge is 0.454 e. The fraction of sp³-hybridized carbons (Fsp3) is 0.818. The fourth-order valence-corrected chi connectivity index (χ4v) is 1.91. The third kappa shape index (κ3) is 11.9. The van der Waals surface area contributed by atoms with E-state index in [1.807, 2.05) is 27.7 Å². The summed E-state index contributed by atoms with van der Waals surface area (Å²) in [4.78, 5) is 44.5. The van der Waals surface area contributed by atoms with E-state index in [0.29, 0.717) is 18.4 Å². The molecule has 0 amide bonds. The Morgan fingerprint density at radius 2 is 1.40 bits per heavy atom. The van der Waals surface area contributed by atoms with Gasteiger partial charge in [0.25, 0.3) is 0 Å². The van der Waals surface area contributed by atoms with E-state index in [1.54, 1.807) is 6.92 Å². The molecule has 2 rings (SSSR count). The van der Waals surface area contributed by atoms with Crippen LogP contribution in [0, 0.1) is 11.8 Å². The minimum Gasteiger partial charge on any atom is -0.454 e. The molecule has 0 aliphatic carbocycles. The first kappa shape index (κ1) is 28.0. The second-order valence-corrected chi connectivity index (χ2v) is 7.87. The zero-order valence-corrected chi connectivity index (χ0v) is 19.6. The molecule has 0 aromatic carbocycles. The molecule has 6 unspecified atom stereocenters. The van der Waals surface area contributed by atoms with Gasteiger partial charge in [0.2, 0.25) is 0 Å². The highest BCUT2D eigenvalue weighted by molar-refractivity contribution is 5.87. The second kappa shape index (κ2) is 14.1. The molecule has 8 nitrogen and oxygen atoms in total. The maximum atomic E-state index is 11.7. The molecule has 0 aromatic rings. The normalized spacial score (nSPS) is 25.0. The van der Waals surface area contributed by atoms with Crippen LogP contribution in [0.5, 0.6) is 0 Å². The minimum absolute atomic E-state index is 0.0194. The zero-order valence-electron chi connectivity index (χ0n) is 19.6. The van der Waals surface area contributed by atoms with Crippen LogP contribution in [0.2, 0.25) is 0 Å². The van der Waals surface area contributed by atoms with E-state index in [-0.39, 0.29) is 17.7 Å². The Kier molecular flexibility index (Phi) is 13.2. The van der Waals surface area contributed by atoms with Crippen LogP contribution in [0.15, 0.2) is 0 Å². The molecule has 2 heterocycles. The maximum Gasteiger partial charge on any atom is 0.347 e. The monoisotopic (exact) mass is 430 g/mol. The number of esters is 3. The molecule has 2 aliphatic heterocycles. The van der Waals surface area contributed by atoms with Gasteiger partial charge in [0.1, 0.15) is 0 Å². The summed E-state index contributed by atoms with van der Waals surface area (Å²) in [5, 5.41) is 0. The molecule has 2 aliphatic rings. The summed E-state index contributed by atoms with van der Waals surface area (Å²) in [5.41, 5.74) is 0. The third-order valence-corrected chi connectivity index (χ3v) is 4.76. The number of epoxide rings is 1. The van der Waals surface area contributed by atoms with Crippen LogP contribution < -0.4 is 0 Å². The molecule has 0 saturated carbocycles. The molecule has 0 spiro atoms. The summed E-state index contributed by atoms with van der Waals surface area (Å²) in [6.45, 7) is 15.5. The van der Waals surface area contributed by atoms with Crippen LogP contribution in [-0.4, -0.2) is 54.7 Å². The average molecular weight is 431 g/mol. The average Bonchev–Trinajstić information content (AvgIpc) is 3.48. The van der Waals surface area contributed by atoms with Gasteiger partial charge < -0.3 is 18.9 Å². The third-order valence-electron chi connectivity index (χ3n) is 4.76. The highest BCUT2D eigenvalue weighted by atomic mass is 16.6. The van der Waals surface area contributed by atoms with Gasteiger partial charge in [-0.1, -0.05) is 34.1 Å². The number of carbonyl (C=O) groups excluding carboxylic acids is 4. The van der Waals surface area contributed by atoms with Crippen molar-refractivity contribution in [2.75, 3.05) is 6.61 Å². The smallest absolute Gasteiger partial charge is 0.347 e. The van der Waals surface area contributed by atoms with Gasteiger partial charge >= 0.3 is 17.9 Å². The topological polar surface area (TPSA) is 108 Å². The summed E-state index contributed by atoms with van der Waals surface area (Å²) < 4.78 is 19.0. The molecule has 0 bridgehead atoms. The van der Waals surface area contributed by atoms with E-state index in [2.05, 4.69) is 16.4 Å². The highest BCUT2D eigenvalue weighted by Crippen LogP contribution is 2.12. The number of ether oxygens (including phenoxy) is 4. The zero-order chi connectivity index (χ0) is 23.4. The SMILES string of the molecule is CC1CO1.CC1OC(=O)C(C)OC1=O.CCC(C)CC(=O)C(C)OC(=O)C(C)CC. The molecule has 8 heteroatoms. The standard InChI is InChI=1S/C13H24O3.C6H8O4.C3H6O/c1-6-9(3)8-12(14)11(5)16-13(15)10(4)7-2;1-3-5(7)10-4(2)6(8)9-3;1-3-2-4-3/h9-11H,6-8H2,1-5H3;3-4H,1-2H3;3H,2H2,1H3. The molecule has 2 saturated heterocycles. The lowest BCUT2D eigenvalue weighted by Gasteiger charge is -2.22. The van der Waals surface area contributed by atoms with Gasteiger partial charge in [-0.3, -0.25) is 9.59 Å². The van der Waals surface area contributed by atoms with E-state index >= 15 is 0 Å². The first-order valence-corrected chi connectivity index (χ1v) is 10.7. The van der Waals surface area contributed by atoms with Gasteiger partial charge in [-0.15, -0.1) is 0 Å². The number of ketones is 1. The van der Waals surface area contributed by atoms with Crippen LogP contribution in [-0.2, 0) is 38.1 Å². The van der Waals surface area contributed by atoms with Gasteiger partial charge in [-0.25, -0.2) is 9.59 Å². The Morgan fingerprint density at radius 3 is 1.73 bits per heavy atom. The van der Waals surface area contributed by atoms with Crippen LogP contribution >= 0.6 is 0 Å².